The van der Waals surface area contributed by atoms with Crippen molar-refractivity contribution in [1.29, 1.82) is 0 Å². The minimum atomic E-state index is -0.324. The molecule has 126 valence electrons. The molecule has 5 nitrogen and oxygen atoms in total. The van der Waals surface area contributed by atoms with Crippen LogP contribution in [0.5, 0.6) is 11.5 Å². The van der Waals surface area contributed by atoms with Gasteiger partial charge in [-0.2, -0.15) is 0 Å². The van der Waals surface area contributed by atoms with Gasteiger partial charge in [0.1, 0.15) is 23.9 Å². The third kappa shape index (κ3) is 4.16. The molecule has 1 atom stereocenters. The zero-order valence-corrected chi connectivity index (χ0v) is 13.2. The summed E-state index contributed by atoms with van der Waals surface area (Å²) in [4.78, 5) is 4.25. The highest BCUT2D eigenvalue weighted by atomic mass is 19.1. The van der Waals surface area contributed by atoms with E-state index in [2.05, 4.69) is 10.3 Å². The second-order valence-electron chi connectivity index (χ2n) is 5.44. The van der Waals surface area contributed by atoms with Crippen molar-refractivity contribution < 1.29 is 13.9 Å². The van der Waals surface area contributed by atoms with Crippen LogP contribution in [-0.2, 0) is 0 Å². The minimum Gasteiger partial charge on any atom is -0.493 e. The van der Waals surface area contributed by atoms with Crippen molar-refractivity contribution in [3.63, 3.8) is 0 Å². The number of nitrogens with two attached hydrogens (primary N) is 1. The fraction of sp³-hybridized carbons (Fsp3) is 0.278. The number of nitrogens with zero attached hydrogens (tertiary/aromatic N) is 1. The Morgan fingerprint density at radius 1 is 1.29 bits per heavy atom. The monoisotopic (exact) mass is 329 g/mol. The topological polar surface area (TPSA) is 68.9 Å². The summed E-state index contributed by atoms with van der Waals surface area (Å²) in [6.07, 6.45) is 0.826. The van der Waals surface area contributed by atoms with Crippen molar-refractivity contribution in [2.24, 2.45) is 10.7 Å². The van der Waals surface area contributed by atoms with Crippen LogP contribution in [0.1, 0.15) is 18.0 Å². The van der Waals surface area contributed by atoms with Crippen LogP contribution in [0.2, 0.25) is 0 Å². The number of hydrogen-bond acceptors (Lipinski definition) is 3. The minimum absolute atomic E-state index is 0.0860. The van der Waals surface area contributed by atoms with Crippen LogP contribution in [0, 0.1) is 5.82 Å². The van der Waals surface area contributed by atoms with Gasteiger partial charge < -0.3 is 20.5 Å². The van der Waals surface area contributed by atoms with Gasteiger partial charge in [0.2, 0.25) is 0 Å². The van der Waals surface area contributed by atoms with Gasteiger partial charge in [-0.3, -0.25) is 0 Å². The molecule has 0 bridgehead atoms. The Morgan fingerprint density at radius 3 is 3.04 bits per heavy atom. The quantitative estimate of drug-likeness (QED) is 0.503. The molecule has 3 N–H and O–H groups in total. The number of aliphatic imine (C=N–C) groups is 1. The molecule has 0 spiro atoms. The van der Waals surface area contributed by atoms with Crippen molar-refractivity contribution in [3.05, 3.63) is 59.9 Å². The van der Waals surface area contributed by atoms with E-state index in [1.165, 1.54) is 12.1 Å². The number of nitrogens with one attached hydrogen (secondary N) is 1. The Labute approximate surface area is 140 Å². The molecule has 0 saturated carbocycles. The maximum absolute atomic E-state index is 13.0. The van der Waals surface area contributed by atoms with Gasteiger partial charge in [-0.15, -0.1) is 0 Å². The van der Waals surface area contributed by atoms with Gasteiger partial charge in [-0.1, -0.05) is 24.3 Å². The van der Waals surface area contributed by atoms with E-state index in [1.807, 2.05) is 24.3 Å². The summed E-state index contributed by atoms with van der Waals surface area (Å²) in [5.41, 5.74) is 7.03. The molecule has 0 saturated heterocycles. The third-order valence-electron chi connectivity index (χ3n) is 3.72. The van der Waals surface area contributed by atoms with Gasteiger partial charge in [0.25, 0.3) is 0 Å². The SMILES string of the molecule is NC(=NCCOc1cccc(F)c1)NC1CCOc2ccccc21. The molecule has 1 heterocycles. The number of hydrogen-bond donors (Lipinski definition) is 2. The summed E-state index contributed by atoms with van der Waals surface area (Å²) >= 11 is 0. The number of halogens is 1. The lowest BCUT2D eigenvalue weighted by Gasteiger charge is -2.26. The van der Waals surface area contributed by atoms with Crippen molar-refractivity contribution in [3.8, 4) is 11.5 Å². The van der Waals surface area contributed by atoms with E-state index in [1.54, 1.807) is 12.1 Å². The maximum Gasteiger partial charge on any atom is 0.189 e. The van der Waals surface area contributed by atoms with E-state index in [4.69, 9.17) is 15.2 Å². The first-order chi connectivity index (χ1) is 11.7. The van der Waals surface area contributed by atoms with Gasteiger partial charge in [0.05, 0.1) is 19.2 Å². The summed E-state index contributed by atoms with van der Waals surface area (Å²) in [7, 11) is 0. The number of rotatable bonds is 5. The predicted molar refractivity (Wildman–Crippen MR) is 90.8 cm³/mol. The Balaban J connectivity index is 1.50. The Bertz CT molecular complexity index is 721. The smallest absolute Gasteiger partial charge is 0.189 e. The summed E-state index contributed by atoms with van der Waals surface area (Å²) in [6, 6.07) is 14.0. The lowest BCUT2D eigenvalue weighted by atomic mass is 10.0. The van der Waals surface area contributed by atoms with Crippen LogP contribution in [-0.4, -0.2) is 25.7 Å². The molecule has 1 aliphatic rings. The molecule has 6 heteroatoms. The standard InChI is InChI=1S/C18H20FN3O2/c19-13-4-3-5-14(12-13)23-11-9-21-18(20)22-16-8-10-24-17-7-2-1-6-15(16)17/h1-7,12,16H,8-11H2,(H3,20,21,22). The third-order valence-corrected chi connectivity index (χ3v) is 3.72. The zero-order valence-electron chi connectivity index (χ0n) is 13.2. The second-order valence-corrected chi connectivity index (χ2v) is 5.44. The Morgan fingerprint density at radius 2 is 2.17 bits per heavy atom. The molecule has 1 unspecified atom stereocenters. The van der Waals surface area contributed by atoms with E-state index >= 15 is 0 Å². The van der Waals surface area contributed by atoms with Gasteiger partial charge in [-0.05, 0) is 18.2 Å². The summed E-state index contributed by atoms with van der Waals surface area (Å²) < 4.78 is 24.1. The Kier molecular flexibility index (Phi) is 5.15. The van der Waals surface area contributed by atoms with E-state index in [0.717, 1.165) is 17.7 Å². The van der Waals surface area contributed by atoms with E-state index in [-0.39, 0.29) is 11.9 Å². The average Bonchev–Trinajstić information content (AvgIpc) is 2.59. The molecule has 0 fully saturated rings. The van der Waals surface area contributed by atoms with Gasteiger partial charge >= 0.3 is 0 Å². The van der Waals surface area contributed by atoms with Crippen molar-refractivity contribution in [2.45, 2.75) is 12.5 Å². The first kappa shape index (κ1) is 16.1. The van der Waals surface area contributed by atoms with Crippen LogP contribution < -0.4 is 20.5 Å². The fourth-order valence-corrected chi connectivity index (χ4v) is 2.60. The van der Waals surface area contributed by atoms with Crippen LogP contribution in [0.3, 0.4) is 0 Å². The molecule has 1 aliphatic heterocycles. The Hall–Kier alpha value is -2.76. The molecule has 0 amide bonds. The second kappa shape index (κ2) is 7.68. The average molecular weight is 329 g/mol. The van der Waals surface area contributed by atoms with E-state index in [0.29, 0.717) is 31.5 Å². The number of fused-ring (bicyclic) bond motifs is 1. The lowest BCUT2D eigenvalue weighted by Crippen LogP contribution is -2.37. The molecular formula is C18H20FN3O2. The number of guanidine groups is 1. The fourth-order valence-electron chi connectivity index (χ4n) is 2.60. The van der Waals surface area contributed by atoms with Crippen molar-refractivity contribution in [1.82, 2.24) is 5.32 Å². The lowest BCUT2D eigenvalue weighted by molar-refractivity contribution is 0.262. The van der Waals surface area contributed by atoms with Gasteiger partial charge in [0.15, 0.2) is 5.96 Å². The van der Waals surface area contributed by atoms with Crippen molar-refractivity contribution >= 4 is 5.96 Å². The number of benzene rings is 2. The first-order valence-corrected chi connectivity index (χ1v) is 7.89. The predicted octanol–water partition coefficient (Wildman–Crippen LogP) is 2.63. The highest BCUT2D eigenvalue weighted by molar-refractivity contribution is 5.78. The van der Waals surface area contributed by atoms with Crippen LogP contribution in [0.25, 0.3) is 0 Å². The van der Waals surface area contributed by atoms with Gasteiger partial charge in [-0.25, -0.2) is 9.38 Å². The molecule has 3 rings (SSSR count). The van der Waals surface area contributed by atoms with Crippen molar-refractivity contribution in [2.75, 3.05) is 19.8 Å². The molecule has 2 aromatic rings. The zero-order chi connectivity index (χ0) is 16.8. The van der Waals surface area contributed by atoms with E-state index in [9.17, 15) is 4.39 Å². The largest absolute Gasteiger partial charge is 0.493 e. The molecule has 24 heavy (non-hydrogen) atoms. The molecular weight excluding hydrogens is 309 g/mol. The molecule has 2 aromatic carbocycles. The van der Waals surface area contributed by atoms with Crippen LogP contribution in [0.4, 0.5) is 4.39 Å². The number of ether oxygens (including phenoxy) is 2. The van der Waals surface area contributed by atoms with E-state index < -0.39 is 0 Å². The molecule has 0 radical (unpaired) electrons. The maximum atomic E-state index is 13.0. The molecule has 0 aromatic heterocycles. The number of para-hydroxylation sites is 1. The van der Waals surface area contributed by atoms with Gasteiger partial charge in [0, 0.05) is 18.1 Å². The van der Waals surface area contributed by atoms with Crippen LogP contribution in [0.15, 0.2) is 53.5 Å². The highest BCUT2D eigenvalue weighted by Gasteiger charge is 2.21. The summed E-state index contributed by atoms with van der Waals surface area (Å²) in [5.74, 6) is 1.40. The summed E-state index contributed by atoms with van der Waals surface area (Å²) in [6.45, 7) is 1.36. The van der Waals surface area contributed by atoms with Crippen LogP contribution >= 0.6 is 0 Å². The normalized spacial score (nSPS) is 16.9. The highest BCUT2D eigenvalue weighted by Crippen LogP contribution is 2.31. The summed E-state index contributed by atoms with van der Waals surface area (Å²) in [5, 5.41) is 3.22. The first-order valence-electron chi connectivity index (χ1n) is 7.89. The molecule has 0 aliphatic carbocycles.